The number of halogens is 6. The number of alkyl halides is 3. The number of pyridine rings is 1. The molecule has 224 valence electrons. The summed E-state index contributed by atoms with van der Waals surface area (Å²) >= 11 is 3.70. The van der Waals surface area contributed by atoms with E-state index in [1.165, 1.54) is 44.8 Å². The van der Waals surface area contributed by atoms with Crippen molar-refractivity contribution in [2.45, 2.75) is 47.7 Å². The van der Waals surface area contributed by atoms with E-state index in [-0.39, 0.29) is 10.5 Å². The molecule has 0 saturated heterocycles. The first-order valence-corrected chi connectivity index (χ1v) is 18.8. The van der Waals surface area contributed by atoms with Crippen molar-refractivity contribution in [2.75, 3.05) is 9.80 Å². The first-order chi connectivity index (χ1) is 19.6. The number of aromatic nitrogens is 1. The third-order valence-electron chi connectivity index (χ3n) is 6.72. The molecule has 1 aliphatic rings. The van der Waals surface area contributed by atoms with E-state index in [1.54, 1.807) is 22.8 Å². The van der Waals surface area contributed by atoms with Crippen LogP contribution in [0.3, 0.4) is 0 Å². The number of benzene rings is 3. The van der Waals surface area contributed by atoms with Crippen LogP contribution in [0.15, 0.2) is 60.9 Å². The Hall–Kier alpha value is -2.44. The van der Waals surface area contributed by atoms with Crippen molar-refractivity contribution in [3.05, 3.63) is 117 Å². The molecule has 0 atom stereocenters. The summed E-state index contributed by atoms with van der Waals surface area (Å²) in [7, 11) is 11.5. The molecule has 42 heavy (non-hydrogen) atoms. The molecule has 3 aromatic carbocycles. The standard InChI is InChI=1S/C21H25N2.C11H5ClF3N.2ClH.Ru/c1-14-9-16(3)20(17(4)10-14)22-7-8-23(13-22)21-18(5)11-15(2)12-19(21)6;1-6-3-2-4-7-8(12)5-9(11(13,14)15)16-10(6)7;;;/h7-13H,1-6H3;1-5H;2*1H;/q-1;;;;+2/p-2. The van der Waals surface area contributed by atoms with Gasteiger partial charge in [-0.3, -0.25) is 0 Å². The van der Waals surface area contributed by atoms with Crippen LogP contribution in [0.2, 0.25) is 5.02 Å². The van der Waals surface area contributed by atoms with Gasteiger partial charge in [-0.15, -0.1) is 6.67 Å². The van der Waals surface area contributed by atoms with Crippen molar-refractivity contribution in [2.24, 2.45) is 0 Å². The number of rotatable bonds is 3. The predicted octanol–water partition coefficient (Wildman–Crippen LogP) is 10.4. The summed E-state index contributed by atoms with van der Waals surface area (Å²) in [4.78, 5) is 8.08. The van der Waals surface area contributed by atoms with E-state index in [1.807, 2.05) is 0 Å². The van der Waals surface area contributed by atoms with Gasteiger partial charge < -0.3 is 9.80 Å². The average molecular weight is 721 g/mol. The van der Waals surface area contributed by atoms with Crippen molar-refractivity contribution < 1.29 is 26.7 Å². The first kappa shape index (κ1) is 32.5. The molecule has 3 nitrogen and oxygen atoms in total. The van der Waals surface area contributed by atoms with E-state index >= 15 is 0 Å². The van der Waals surface area contributed by atoms with E-state index in [4.69, 9.17) is 31.0 Å². The van der Waals surface area contributed by atoms with Crippen LogP contribution in [0, 0.1) is 48.2 Å². The molecule has 0 spiro atoms. The topological polar surface area (TPSA) is 19.4 Å². The molecule has 0 radical (unpaired) electrons. The minimum atomic E-state index is -4.55. The monoisotopic (exact) mass is 720 g/mol. The quantitative estimate of drug-likeness (QED) is 0.155. The van der Waals surface area contributed by atoms with Crippen LogP contribution >= 0.6 is 31.0 Å². The summed E-state index contributed by atoms with van der Waals surface area (Å²) in [5, 5.41) is 0.433. The Labute approximate surface area is 263 Å². The first-order valence-electron chi connectivity index (χ1n) is 12.9. The van der Waals surface area contributed by atoms with Gasteiger partial charge in [0, 0.05) is 11.4 Å². The van der Waals surface area contributed by atoms with Gasteiger partial charge in [0.2, 0.25) is 0 Å². The van der Waals surface area contributed by atoms with Crippen molar-refractivity contribution in [3.8, 4) is 0 Å². The van der Waals surface area contributed by atoms with Crippen LogP contribution in [0.5, 0.6) is 0 Å². The number of hydrogen-bond acceptors (Lipinski definition) is 3. The Kier molecular flexibility index (Phi) is 10.1. The molecule has 1 aromatic heterocycles. The van der Waals surface area contributed by atoms with Crippen LogP contribution in [-0.2, 0) is 19.7 Å². The summed E-state index contributed by atoms with van der Waals surface area (Å²) in [6.45, 7) is 15.2. The number of hydrogen-bond donors (Lipinski definition) is 0. The van der Waals surface area contributed by atoms with Gasteiger partial charge in [-0.05, 0) is 76.2 Å². The van der Waals surface area contributed by atoms with Gasteiger partial charge in [0.15, 0.2) is 0 Å². The molecule has 0 N–H and O–H groups in total. The molecule has 0 saturated carbocycles. The molecular formula is C32H30Cl3F3N3Ru-. The van der Waals surface area contributed by atoms with E-state index in [0.29, 0.717) is 10.9 Å². The zero-order chi connectivity index (χ0) is 30.9. The summed E-state index contributed by atoms with van der Waals surface area (Å²) in [6, 6.07) is 14.7. The fourth-order valence-electron chi connectivity index (χ4n) is 5.32. The summed E-state index contributed by atoms with van der Waals surface area (Å²) in [5.41, 5.74) is 10.00. The second-order valence-corrected chi connectivity index (χ2v) is 16.4. The normalized spacial score (nSPS) is 13.4. The predicted molar refractivity (Wildman–Crippen MR) is 168 cm³/mol. The van der Waals surface area contributed by atoms with E-state index < -0.39 is 25.4 Å². The van der Waals surface area contributed by atoms with E-state index in [9.17, 15) is 13.2 Å². The minimum absolute atomic E-state index is 0.00419. The maximum absolute atomic E-state index is 12.7. The van der Waals surface area contributed by atoms with Gasteiger partial charge in [-0.1, -0.05) is 35.4 Å². The molecule has 0 amide bonds. The molecular weight excluding hydrogens is 691 g/mol. The molecule has 10 heteroatoms. The van der Waals surface area contributed by atoms with Crippen molar-refractivity contribution in [1.82, 2.24) is 4.98 Å². The Morgan fingerprint density at radius 1 is 0.786 bits per heavy atom. The molecule has 2 heterocycles. The third kappa shape index (κ3) is 7.37. The zero-order valence-corrected chi connectivity index (χ0v) is 27.9. The van der Waals surface area contributed by atoms with Gasteiger partial charge in [-0.2, -0.15) is 0 Å². The third-order valence-corrected chi connectivity index (χ3v) is 8.87. The Bertz CT molecular complexity index is 1600. The van der Waals surface area contributed by atoms with Crippen molar-refractivity contribution in [1.29, 1.82) is 0 Å². The van der Waals surface area contributed by atoms with E-state index in [2.05, 4.69) is 99.7 Å². The molecule has 0 aliphatic carbocycles. The van der Waals surface area contributed by atoms with Gasteiger partial charge in [-0.25, -0.2) is 0 Å². The van der Waals surface area contributed by atoms with Gasteiger partial charge >= 0.3 is 125 Å². The number of fused-ring (bicyclic) bond motifs is 1. The van der Waals surface area contributed by atoms with Gasteiger partial charge in [0.1, 0.15) is 0 Å². The van der Waals surface area contributed by atoms with Crippen molar-refractivity contribution in [3.63, 3.8) is 0 Å². The molecule has 0 fully saturated rings. The molecule has 1 aliphatic heterocycles. The zero-order valence-electron chi connectivity index (χ0n) is 23.9. The molecule has 5 rings (SSSR count). The fraction of sp³-hybridized carbons (Fsp3) is 0.219. The van der Waals surface area contributed by atoms with Crippen LogP contribution in [0.1, 0.15) is 44.6 Å². The summed E-state index contributed by atoms with van der Waals surface area (Å²) in [6.07, 6.45) is -0.267. The van der Waals surface area contributed by atoms with Crippen molar-refractivity contribution >= 4 is 57.9 Å². The summed E-state index contributed by atoms with van der Waals surface area (Å²) in [5.74, 6) is 0. The Balaban J connectivity index is 0.000000197. The van der Waals surface area contributed by atoms with E-state index in [0.717, 1.165) is 6.07 Å². The summed E-state index contributed by atoms with van der Waals surface area (Å²) < 4.78 is 39.7. The fourth-order valence-corrected chi connectivity index (χ4v) is 7.37. The number of para-hydroxylation sites is 1. The van der Waals surface area contributed by atoms with Gasteiger partial charge in [0.25, 0.3) is 0 Å². The van der Waals surface area contributed by atoms with Crippen LogP contribution in [0.25, 0.3) is 10.9 Å². The molecule has 0 bridgehead atoms. The SMILES string of the molecule is Cc1cc(C)c(N2C=CN(c3c(C)cc(C)cc3C)[CH-]2)c(C)c1.FC(F)(F)c1cc(Cl)c2cccc([CH]=[Ru]([Cl])[Cl])c2n1. The van der Waals surface area contributed by atoms with Crippen LogP contribution in [-0.4, -0.2) is 9.59 Å². The number of nitrogens with zero attached hydrogens (tertiary/aromatic N) is 3. The maximum atomic E-state index is 12.7. The van der Waals surface area contributed by atoms with Crippen LogP contribution < -0.4 is 9.80 Å². The Morgan fingerprint density at radius 3 is 1.69 bits per heavy atom. The molecule has 4 aromatic rings. The van der Waals surface area contributed by atoms with Gasteiger partial charge in [0.05, 0.1) is 0 Å². The number of anilines is 2. The van der Waals surface area contributed by atoms with Crippen LogP contribution in [0.4, 0.5) is 24.5 Å². The number of aryl methyl sites for hydroxylation is 6. The Morgan fingerprint density at radius 2 is 1.26 bits per heavy atom. The average Bonchev–Trinajstić information content (AvgIpc) is 3.31. The second kappa shape index (κ2) is 13.1. The second-order valence-electron chi connectivity index (χ2n) is 10.3. The molecule has 0 unspecified atom stereocenters.